The van der Waals surface area contributed by atoms with Gasteiger partial charge in [0.05, 0.1) is 11.0 Å². The largest absolute Gasteiger partial charge is 0.354 e. The number of imidazole rings is 1. The maximum absolute atomic E-state index is 13.2. The Labute approximate surface area is 171 Å². The molecule has 150 valence electrons. The Morgan fingerprint density at radius 3 is 2.67 bits per heavy atom. The quantitative estimate of drug-likeness (QED) is 0.461. The van der Waals surface area contributed by atoms with E-state index in [4.69, 9.17) is 0 Å². The number of rotatable bonds is 3. The molecule has 2 heterocycles. The molecule has 5 rings (SSSR count). The smallest absolute Gasteiger partial charge is 0.272 e. The molecule has 1 amide bonds. The first-order chi connectivity index (χ1) is 14.5. The van der Waals surface area contributed by atoms with Crippen molar-refractivity contribution in [2.45, 2.75) is 26.2 Å². The average molecular weight is 402 g/mol. The van der Waals surface area contributed by atoms with Gasteiger partial charge >= 0.3 is 0 Å². The van der Waals surface area contributed by atoms with Crippen LogP contribution in [0.25, 0.3) is 22.4 Å². The lowest BCUT2D eigenvalue weighted by Crippen LogP contribution is -2.14. The van der Waals surface area contributed by atoms with Crippen LogP contribution in [-0.2, 0) is 6.42 Å². The molecule has 0 saturated heterocycles. The van der Waals surface area contributed by atoms with Crippen molar-refractivity contribution in [1.82, 2.24) is 15.0 Å². The van der Waals surface area contributed by atoms with Crippen molar-refractivity contribution in [2.75, 3.05) is 5.32 Å². The van der Waals surface area contributed by atoms with E-state index in [0.29, 0.717) is 34.8 Å². The van der Waals surface area contributed by atoms with Crippen LogP contribution in [0, 0.1) is 12.7 Å². The fourth-order valence-corrected chi connectivity index (χ4v) is 4.03. The van der Waals surface area contributed by atoms with Crippen molar-refractivity contribution in [2.24, 2.45) is 0 Å². The lowest BCUT2D eigenvalue weighted by molar-refractivity contribution is 0.0971. The molecule has 1 aliphatic rings. The van der Waals surface area contributed by atoms with Gasteiger partial charge in [-0.1, -0.05) is 0 Å². The van der Waals surface area contributed by atoms with Gasteiger partial charge in [-0.15, -0.1) is 0 Å². The number of nitrogens with one attached hydrogen (secondary N) is 3. The van der Waals surface area contributed by atoms with Crippen molar-refractivity contribution in [1.29, 1.82) is 0 Å². The number of benzene rings is 2. The maximum atomic E-state index is 13.2. The van der Waals surface area contributed by atoms with Crippen LogP contribution in [0.15, 0.2) is 42.5 Å². The monoisotopic (exact) mass is 402 g/mol. The van der Waals surface area contributed by atoms with E-state index in [1.54, 1.807) is 31.2 Å². The van der Waals surface area contributed by atoms with Crippen LogP contribution >= 0.6 is 0 Å². The summed E-state index contributed by atoms with van der Waals surface area (Å²) in [6.07, 6.45) is 2.11. The van der Waals surface area contributed by atoms with E-state index in [-0.39, 0.29) is 17.5 Å². The Morgan fingerprint density at radius 1 is 1.10 bits per heavy atom. The maximum Gasteiger partial charge on any atom is 0.272 e. The average Bonchev–Trinajstić information content (AvgIpc) is 3.30. The number of carbonyl (C=O) groups excluding carboxylic acids is 2. The molecule has 3 N–H and O–H groups in total. The molecule has 0 spiro atoms. The standard InChI is InChI=1S/C23H19FN4O2/c1-12-20-17(3-2-4-19(20)29)26-21(12)23(30)25-15-9-10-16-18(11-15)28-22(27-16)13-5-7-14(24)8-6-13/h5-11,26H,2-4H2,1H3,(H,25,30)(H,27,28). The predicted octanol–water partition coefficient (Wildman–Crippen LogP) is 4.78. The van der Waals surface area contributed by atoms with Gasteiger partial charge in [0.25, 0.3) is 5.91 Å². The van der Waals surface area contributed by atoms with Gasteiger partial charge in [-0.2, -0.15) is 0 Å². The van der Waals surface area contributed by atoms with Gasteiger partial charge in [0.15, 0.2) is 5.78 Å². The van der Waals surface area contributed by atoms with Crippen molar-refractivity contribution in [3.63, 3.8) is 0 Å². The van der Waals surface area contributed by atoms with Gasteiger partial charge in [0.1, 0.15) is 17.3 Å². The molecule has 0 saturated carbocycles. The fourth-order valence-electron chi connectivity index (χ4n) is 4.03. The van der Waals surface area contributed by atoms with Crippen LogP contribution in [0.3, 0.4) is 0 Å². The number of amides is 1. The van der Waals surface area contributed by atoms with Crippen molar-refractivity contribution in [3.05, 3.63) is 70.8 Å². The number of aromatic amines is 2. The molecule has 6 nitrogen and oxygen atoms in total. The Balaban J connectivity index is 1.42. The molecular weight excluding hydrogens is 383 g/mol. The number of anilines is 1. The highest BCUT2D eigenvalue weighted by Gasteiger charge is 2.26. The number of hydrogen-bond donors (Lipinski definition) is 3. The van der Waals surface area contributed by atoms with Crippen LogP contribution in [0.5, 0.6) is 0 Å². The number of carbonyl (C=O) groups is 2. The summed E-state index contributed by atoms with van der Waals surface area (Å²) in [7, 11) is 0. The second-order valence-corrected chi connectivity index (χ2v) is 7.53. The highest BCUT2D eigenvalue weighted by Crippen LogP contribution is 2.28. The molecule has 0 aliphatic heterocycles. The number of aromatic nitrogens is 3. The Kier molecular flexibility index (Phi) is 4.24. The first-order valence-electron chi connectivity index (χ1n) is 9.81. The predicted molar refractivity (Wildman–Crippen MR) is 112 cm³/mol. The second-order valence-electron chi connectivity index (χ2n) is 7.53. The Morgan fingerprint density at radius 2 is 1.90 bits per heavy atom. The normalized spacial score (nSPS) is 13.5. The summed E-state index contributed by atoms with van der Waals surface area (Å²) in [5.74, 6) is 0.131. The summed E-state index contributed by atoms with van der Waals surface area (Å²) >= 11 is 0. The summed E-state index contributed by atoms with van der Waals surface area (Å²) in [4.78, 5) is 35.9. The van der Waals surface area contributed by atoms with E-state index < -0.39 is 0 Å². The Hall–Kier alpha value is -3.74. The number of ketones is 1. The number of halogens is 1. The molecule has 2 aromatic heterocycles. The molecule has 2 aromatic carbocycles. The van der Waals surface area contributed by atoms with Gasteiger partial charge in [0.2, 0.25) is 0 Å². The van der Waals surface area contributed by atoms with Crippen molar-refractivity contribution >= 4 is 28.4 Å². The zero-order valence-electron chi connectivity index (χ0n) is 16.3. The van der Waals surface area contributed by atoms with Gasteiger partial charge in [0, 0.05) is 28.9 Å². The van der Waals surface area contributed by atoms with Crippen molar-refractivity contribution < 1.29 is 14.0 Å². The Bertz CT molecular complexity index is 1300. The SMILES string of the molecule is Cc1c(C(=O)Nc2ccc3nc(-c4ccc(F)cc4)[nH]c3c2)[nH]c2c1C(=O)CCC2. The number of H-pyrrole nitrogens is 2. The minimum Gasteiger partial charge on any atom is -0.354 e. The minimum absolute atomic E-state index is 0.0938. The van der Waals surface area contributed by atoms with E-state index in [0.717, 1.165) is 35.1 Å². The number of hydrogen-bond acceptors (Lipinski definition) is 3. The molecule has 0 unspecified atom stereocenters. The molecule has 1 aliphatic carbocycles. The van der Waals surface area contributed by atoms with E-state index in [1.807, 2.05) is 6.07 Å². The van der Waals surface area contributed by atoms with Crippen LogP contribution < -0.4 is 5.32 Å². The first kappa shape index (κ1) is 18.3. The fraction of sp³-hybridized carbons (Fsp3) is 0.174. The molecular formula is C23H19FN4O2. The molecule has 0 atom stereocenters. The number of nitrogens with zero attached hydrogens (tertiary/aromatic N) is 1. The van der Waals surface area contributed by atoms with Crippen LogP contribution in [0.2, 0.25) is 0 Å². The van der Waals surface area contributed by atoms with Crippen LogP contribution in [0.1, 0.15) is 44.9 Å². The topological polar surface area (TPSA) is 90.6 Å². The second kappa shape index (κ2) is 6.95. The van der Waals surface area contributed by atoms with E-state index in [1.165, 1.54) is 12.1 Å². The van der Waals surface area contributed by atoms with Crippen LogP contribution in [-0.4, -0.2) is 26.6 Å². The van der Waals surface area contributed by atoms with Gasteiger partial charge in [-0.3, -0.25) is 9.59 Å². The van der Waals surface area contributed by atoms with E-state index >= 15 is 0 Å². The summed E-state index contributed by atoms with van der Waals surface area (Å²) in [6.45, 7) is 1.81. The third-order valence-corrected chi connectivity index (χ3v) is 5.52. The molecule has 4 aromatic rings. The summed E-state index contributed by atoms with van der Waals surface area (Å²) in [6, 6.07) is 11.5. The highest BCUT2D eigenvalue weighted by molar-refractivity contribution is 6.08. The van der Waals surface area contributed by atoms with E-state index in [9.17, 15) is 14.0 Å². The molecule has 0 radical (unpaired) electrons. The molecule has 7 heteroatoms. The summed E-state index contributed by atoms with van der Waals surface area (Å²) in [5, 5.41) is 2.89. The summed E-state index contributed by atoms with van der Waals surface area (Å²) < 4.78 is 13.2. The van der Waals surface area contributed by atoms with Crippen molar-refractivity contribution in [3.8, 4) is 11.4 Å². The number of Topliss-reactive ketones (excluding diaryl/α,β-unsaturated/α-hetero) is 1. The van der Waals surface area contributed by atoms with Gasteiger partial charge in [-0.05, 0) is 67.8 Å². The van der Waals surface area contributed by atoms with Gasteiger partial charge in [-0.25, -0.2) is 9.37 Å². The van der Waals surface area contributed by atoms with E-state index in [2.05, 4.69) is 20.3 Å². The van der Waals surface area contributed by atoms with Crippen LogP contribution in [0.4, 0.5) is 10.1 Å². The number of aryl methyl sites for hydroxylation is 1. The molecule has 0 fully saturated rings. The number of fused-ring (bicyclic) bond motifs is 2. The lowest BCUT2D eigenvalue weighted by atomic mass is 9.94. The first-order valence-corrected chi connectivity index (χ1v) is 9.81. The van der Waals surface area contributed by atoms with Gasteiger partial charge < -0.3 is 15.3 Å². The molecule has 0 bridgehead atoms. The zero-order chi connectivity index (χ0) is 20.8. The third-order valence-electron chi connectivity index (χ3n) is 5.52. The third kappa shape index (κ3) is 3.08. The molecule has 30 heavy (non-hydrogen) atoms. The zero-order valence-corrected chi connectivity index (χ0v) is 16.3. The minimum atomic E-state index is -0.303. The summed E-state index contributed by atoms with van der Waals surface area (Å²) in [5.41, 5.74) is 5.52. The highest BCUT2D eigenvalue weighted by atomic mass is 19.1. The lowest BCUT2D eigenvalue weighted by Gasteiger charge is -2.09.